The molecular formula is C21H36N2O3. The summed E-state index contributed by atoms with van der Waals surface area (Å²) in [6.07, 6.45) is 4.59. The average Bonchev–Trinajstić information content (AvgIpc) is 2.93. The number of carbonyl (C=O) groups is 1. The largest absolute Gasteiger partial charge is 0.461 e. The van der Waals surface area contributed by atoms with E-state index in [-0.39, 0.29) is 29.3 Å². The highest BCUT2D eigenvalue weighted by Crippen LogP contribution is 2.55. The summed E-state index contributed by atoms with van der Waals surface area (Å²) < 4.78 is 5.71. The number of ether oxygens (including phenoxy) is 1. The average molecular weight is 365 g/mol. The molecule has 0 amide bonds. The summed E-state index contributed by atoms with van der Waals surface area (Å²) in [7, 11) is 0. The van der Waals surface area contributed by atoms with Gasteiger partial charge in [-0.05, 0) is 31.8 Å². The van der Waals surface area contributed by atoms with Crippen molar-refractivity contribution in [2.24, 2.45) is 23.2 Å². The highest BCUT2D eigenvalue weighted by atomic mass is 16.6. The lowest BCUT2D eigenvalue weighted by atomic mass is 9.55. The van der Waals surface area contributed by atoms with Gasteiger partial charge in [-0.2, -0.15) is 0 Å². The molecular weight excluding hydrogens is 328 g/mol. The molecule has 3 aliphatic rings. The Hall–Kier alpha value is -0.910. The van der Waals surface area contributed by atoms with Crippen LogP contribution in [0.5, 0.6) is 0 Å². The lowest BCUT2D eigenvalue weighted by Crippen LogP contribution is -2.54. The fourth-order valence-corrected chi connectivity index (χ4v) is 5.33. The third-order valence-corrected chi connectivity index (χ3v) is 7.43. The van der Waals surface area contributed by atoms with Crippen LogP contribution in [-0.2, 0) is 9.53 Å². The summed E-state index contributed by atoms with van der Waals surface area (Å²) >= 11 is 0. The van der Waals surface area contributed by atoms with Crippen molar-refractivity contribution in [1.29, 1.82) is 0 Å². The summed E-state index contributed by atoms with van der Waals surface area (Å²) in [4.78, 5) is 14.9. The number of hydrogen-bond donors (Lipinski definition) is 2. The molecule has 0 unspecified atom stereocenters. The first-order chi connectivity index (χ1) is 12.4. The second-order valence-electron chi connectivity index (χ2n) is 8.53. The molecule has 0 radical (unpaired) electrons. The van der Waals surface area contributed by atoms with Gasteiger partial charge in [-0.3, -0.25) is 4.79 Å². The Bertz CT molecular complexity index is 545. The molecule has 0 aromatic carbocycles. The standard InChI is InChI=1S/C21H36N2O3/c1-5-23(6-2)11-10-22-13-16-18-17(26-20(16)25)12-15-9-7-8-14(3)21(15,4)19(18)24/h9,14,16-19,22,24H,5-8,10-13H2,1-4H3/t14-,16-,17-,18+,19-,21-/m0/s1. The highest BCUT2D eigenvalue weighted by Gasteiger charge is 2.59. The second-order valence-corrected chi connectivity index (χ2v) is 8.53. The molecule has 26 heavy (non-hydrogen) atoms. The number of likely N-dealkylation sites (N-methyl/N-ethyl adjacent to an activating group) is 1. The molecule has 6 atom stereocenters. The number of carbonyl (C=O) groups excluding carboxylic acids is 1. The summed E-state index contributed by atoms with van der Waals surface area (Å²) in [5, 5.41) is 14.7. The first-order valence-electron chi connectivity index (χ1n) is 10.4. The predicted octanol–water partition coefficient (Wildman–Crippen LogP) is 2.20. The molecule has 2 N–H and O–H groups in total. The predicted molar refractivity (Wildman–Crippen MR) is 103 cm³/mol. The van der Waals surface area contributed by atoms with Crippen molar-refractivity contribution >= 4 is 5.97 Å². The van der Waals surface area contributed by atoms with E-state index in [1.54, 1.807) is 0 Å². The molecule has 148 valence electrons. The van der Waals surface area contributed by atoms with Crippen molar-refractivity contribution < 1.29 is 14.6 Å². The van der Waals surface area contributed by atoms with Crippen LogP contribution in [0, 0.1) is 23.2 Å². The minimum Gasteiger partial charge on any atom is -0.461 e. The molecule has 1 aliphatic heterocycles. The van der Waals surface area contributed by atoms with E-state index in [4.69, 9.17) is 4.74 Å². The van der Waals surface area contributed by atoms with Crippen LogP contribution in [-0.4, -0.2) is 60.9 Å². The maximum Gasteiger partial charge on any atom is 0.311 e. The minimum absolute atomic E-state index is 0.0915. The smallest absolute Gasteiger partial charge is 0.311 e. The number of aliphatic hydroxyl groups excluding tert-OH is 1. The molecule has 5 nitrogen and oxygen atoms in total. The van der Waals surface area contributed by atoms with E-state index < -0.39 is 6.10 Å². The van der Waals surface area contributed by atoms with E-state index in [9.17, 15) is 9.90 Å². The number of nitrogens with one attached hydrogen (secondary N) is 1. The lowest BCUT2D eigenvalue weighted by molar-refractivity contribution is -0.144. The van der Waals surface area contributed by atoms with E-state index in [0.29, 0.717) is 12.5 Å². The van der Waals surface area contributed by atoms with E-state index in [1.165, 1.54) is 5.57 Å². The van der Waals surface area contributed by atoms with Crippen LogP contribution in [0.4, 0.5) is 0 Å². The zero-order chi connectivity index (χ0) is 18.9. The molecule has 1 saturated carbocycles. The number of hydrogen-bond acceptors (Lipinski definition) is 5. The summed E-state index contributed by atoms with van der Waals surface area (Å²) in [5.74, 6) is -0.0272. The quantitative estimate of drug-likeness (QED) is 0.412. The number of allylic oxidation sites excluding steroid dienone is 1. The fourth-order valence-electron chi connectivity index (χ4n) is 5.33. The molecule has 0 aromatic rings. The molecule has 0 aromatic heterocycles. The Morgan fingerprint density at radius 1 is 1.38 bits per heavy atom. The number of rotatable bonds is 7. The molecule has 3 rings (SSSR count). The van der Waals surface area contributed by atoms with Gasteiger partial charge in [-0.1, -0.05) is 39.3 Å². The Kier molecular flexibility index (Phi) is 6.10. The summed E-state index contributed by atoms with van der Waals surface area (Å²) in [5.41, 5.74) is 1.08. The van der Waals surface area contributed by atoms with Crippen LogP contribution in [0.1, 0.15) is 47.0 Å². The Labute approximate surface area is 158 Å². The van der Waals surface area contributed by atoms with E-state index in [0.717, 1.165) is 45.4 Å². The van der Waals surface area contributed by atoms with Gasteiger partial charge < -0.3 is 20.1 Å². The Morgan fingerprint density at radius 2 is 2.12 bits per heavy atom. The molecule has 0 spiro atoms. The highest BCUT2D eigenvalue weighted by molar-refractivity contribution is 5.76. The van der Waals surface area contributed by atoms with Gasteiger partial charge in [0.25, 0.3) is 0 Å². The molecule has 1 saturated heterocycles. The van der Waals surface area contributed by atoms with Crippen LogP contribution < -0.4 is 5.32 Å². The molecule has 1 heterocycles. The van der Waals surface area contributed by atoms with Crippen LogP contribution in [0.2, 0.25) is 0 Å². The van der Waals surface area contributed by atoms with Gasteiger partial charge in [0, 0.05) is 37.4 Å². The first-order valence-corrected chi connectivity index (χ1v) is 10.4. The topological polar surface area (TPSA) is 61.8 Å². The minimum atomic E-state index is -0.510. The van der Waals surface area contributed by atoms with Crippen molar-refractivity contribution in [1.82, 2.24) is 10.2 Å². The van der Waals surface area contributed by atoms with E-state index in [2.05, 4.69) is 44.0 Å². The molecule has 2 aliphatic carbocycles. The van der Waals surface area contributed by atoms with Gasteiger partial charge in [0.15, 0.2) is 0 Å². The van der Waals surface area contributed by atoms with Gasteiger partial charge in [0.1, 0.15) is 6.10 Å². The zero-order valence-corrected chi connectivity index (χ0v) is 16.8. The SMILES string of the molecule is CCN(CC)CCNC[C@@H]1C(=O)O[C@H]2CC3=CCC[C@H](C)[C@]3(C)[C@@H](O)[C@@H]21. The van der Waals surface area contributed by atoms with Gasteiger partial charge in [0.2, 0.25) is 0 Å². The van der Waals surface area contributed by atoms with Crippen LogP contribution in [0.25, 0.3) is 0 Å². The molecule has 5 heteroatoms. The van der Waals surface area contributed by atoms with Crippen molar-refractivity contribution in [2.75, 3.05) is 32.7 Å². The van der Waals surface area contributed by atoms with E-state index in [1.807, 2.05) is 0 Å². The first kappa shape index (κ1) is 19.8. The number of fused-ring (bicyclic) bond motifs is 2. The third-order valence-electron chi connectivity index (χ3n) is 7.43. The molecule has 0 bridgehead atoms. The van der Waals surface area contributed by atoms with Gasteiger partial charge in [0.05, 0.1) is 12.0 Å². The summed E-state index contributed by atoms with van der Waals surface area (Å²) in [6, 6.07) is 0. The molecule has 2 fully saturated rings. The number of aliphatic hydroxyl groups is 1. The fraction of sp³-hybridized carbons (Fsp3) is 0.857. The van der Waals surface area contributed by atoms with Crippen LogP contribution in [0.3, 0.4) is 0 Å². The Balaban J connectivity index is 1.67. The monoisotopic (exact) mass is 364 g/mol. The van der Waals surface area contributed by atoms with Crippen LogP contribution in [0.15, 0.2) is 11.6 Å². The van der Waals surface area contributed by atoms with Gasteiger partial charge in [-0.15, -0.1) is 0 Å². The summed E-state index contributed by atoms with van der Waals surface area (Å²) in [6.45, 7) is 13.3. The number of nitrogens with zero attached hydrogens (tertiary/aromatic N) is 1. The maximum atomic E-state index is 12.5. The second kappa shape index (κ2) is 7.99. The normalized spacial score (nSPS) is 39.4. The van der Waals surface area contributed by atoms with E-state index >= 15 is 0 Å². The van der Waals surface area contributed by atoms with Crippen molar-refractivity contribution in [3.8, 4) is 0 Å². The third kappa shape index (κ3) is 3.34. The zero-order valence-electron chi connectivity index (χ0n) is 16.8. The van der Waals surface area contributed by atoms with Gasteiger partial charge >= 0.3 is 5.97 Å². The van der Waals surface area contributed by atoms with Crippen molar-refractivity contribution in [3.05, 3.63) is 11.6 Å². The lowest BCUT2D eigenvalue weighted by Gasteiger charge is -2.51. The van der Waals surface area contributed by atoms with Gasteiger partial charge in [-0.25, -0.2) is 0 Å². The maximum absolute atomic E-state index is 12.5. The number of esters is 1. The van der Waals surface area contributed by atoms with Crippen molar-refractivity contribution in [2.45, 2.75) is 59.2 Å². The van der Waals surface area contributed by atoms with Crippen molar-refractivity contribution in [3.63, 3.8) is 0 Å². The Morgan fingerprint density at radius 3 is 2.81 bits per heavy atom. The van der Waals surface area contributed by atoms with Crippen LogP contribution >= 0.6 is 0 Å².